The molecule has 18 heavy (non-hydrogen) atoms. The minimum Gasteiger partial charge on any atom is -0.491 e. The molecule has 1 aromatic heterocycles. The van der Waals surface area contributed by atoms with Gasteiger partial charge in [-0.3, -0.25) is 4.79 Å². The van der Waals surface area contributed by atoms with Gasteiger partial charge in [-0.05, 0) is 26.0 Å². The third kappa shape index (κ3) is 4.82. The SMILES string of the molecule is CC(C)NC(=O)CCOc1ccc(C(=O)O)nc1. The first-order valence-electron chi connectivity index (χ1n) is 5.60. The molecule has 0 fully saturated rings. The Morgan fingerprint density at radius 1 is 1.44 bits per heavy atom. The van der Waals surface area contributed by atoms with Gasteiger partial charge in [0.1, 0.15) is 11.4 Å². The van der Waals surface area contributed by atoms with E-state index in [1.54, 1.807) is 0 Å². The van der Waals surface area contributed by atoms with E-state index in [4.69, 9.17) is 9.84 Å². The summed E-state index contributed by atoms with van der Waals surface area (Å²) in [5, 5.41) is 11.4. The lowest BCUT2D eigenvalue weighted by Gasteiger charge is -2.09. The Balaban J connectivity index is 2.35. The van der Waals surface area contributed by atoms with Gasteiger partial charge in [0.2, 0.25) is 5.91 Å². The van der Waals surface area contributed by atoms with Gasteiger partial charge in [0.15, 0.2) is 0 Å². The number of carbonyl (C=O) groups excluding carboxylic acids is 1. The summed E-state index contributed by atoms with van der Waals surface area (Å²) in [7, 11) is 0. The predicted octanol–water partition coefficient (Wildman–Crippen LogP) is 1.07. The van der Waals surface area contributed by atoms with Crippen LogP contribution in [0.15, 0.2) is 18.3 Å². The molecule has 1 amide bonds. The molecule has 0 spiro atoms. The number of hydrogen-bond donors (Lipinski definition) is 2. The molecule has 0 radical (unpaired) electrons. The third-order valence-corrected chi connectivity index (χ3v) is 2.00. The van der Waals surface area contributed by atoms with Gasteiger partial charge in [-0.15, -0.1) is 0 Å². The maximum Gasteiger partial charge on any atom is 0.354 e. The second-order valence-corrected chi connectivity index (χ2v) is 4.00. The normalized spacial score (nSPS) is 10.2. The Bertz CT molecular complexity index is 415. The van der Waals surface area contributed by atoms with Gasteiger partial charge in [-0.2, -0.15) is 0 Å². The molecule has 0 saturated carbocycles. The first-order chi connectivity index (χ1) is 8.49. The van der Waals surface area contributed by atoms with Crippen molar-refractivity contribution in [3.05, 3.63) is 24.0 Å². The van der Waals surface area contributed by atoms with Gasteiger partial charge in [-0.1, -0.05) is 0 Å². The number of carboxylic acid groups (broad SMARTS) is 1. The molecule has 0 bridgehead atoms. The number of pyridine rings is 1. The van der Waals surface area contributed by atoms with Crippen molar-refractivity contribution in [1.29, 1.82) is 0 Å². The van der Waals surface area contributed by atoms with E-state index in [-0.39, 0.29) is 30.7 Å². The number of amides is 1. The van der Waals surface area contributed by atoms with Crippen molar-refractivity contribution in [1.82, 2.24) is 10.3 Å². The molecule has 0 aliphatic rings. The van der Waals surface area contributed by atoms with E-state index < -0.39 is 5.97 Å². The zero-order valence-corrected chi connectivity index (χ0v) is 10.3. The Hall–Kier alpha value is -2.11. The Morgan fingerprint density at radius 2 is 2.17 bits per heavy atom. The molecule has 6 heteroatoms. The van der Waals surface area contributed by atoms with Gasteiger partial charge in [0.25, 0.3) is 0 Å². The highest BCUT2D eigenvalue weighted by Gasteiger charge is 2.05. The summed E-state index contributed by atoms with van der Waals surface area (Å²) in [4.78, 5) is 25.6. The minimum absolute atomic E-state index is 0.0418. The Morgan fingerprint density at radius 3 is 2.67 bits per heavy atom. The van der Waals surface area contributed by atoms with Crippen molar-refractivity contribution >= 4 is 11.9 Å². The number of nitrogens with zero attached hydrogens (tertiary/aromatic N) is 1. The number of carbonyl (C=O) groups is 2. The molecular formula is C12H16N2O4. The van der Waals surface area contributed by atoms with Crippen LogP contribution < -0.4 is 10.1 Å². The Kier molecular flexibility index (Phi) is 5.10. The van der Waals surface area contributed by atoms with Crippen LogP contribution in [-0.4, -0.2) is 34.6 Å². The topological polar surface area (TPSA) is 88.5 Å². The van der Waals surface area contributed by atoms with Crippen LogP contribution in [-0.2, 0) is 4.79 Å². The maximum absolute atomic E-state index is 11.3. The highest BCUT2D eigenvalue weighted by molar-refractivity contribution is 5.85. The average Bonchev–Trinajstić information content (AvgIpc) is 2.28. The lowest BCUT2D eigenvalue weighted by Crippen LogP contribution is -2.31. The molecule has 1 heterocycles. The van der Waals surface area contributed by atoms with Crippen molar-refractivity contribution in [2.75, 3.05) is 6.61 Å². The van der Waals surface area contributed by atoms with Crippen molar-refractivity contribution < 1.29 is 19.4 Å². The number of aromatic carboxylic acids is 1. The van der Waals surface area contributed by atoms with Crippen molar-refractivity contribution in [2.45, 2.75) is 26.3 Å². The Labute approximate surface area is 105 Å². The molecule has 2 N–H and O–H groups in total. The van der Waals surface area contributed by atoms with Gasteiger partial charge in [0.05, 0.1) is 19.2 Å². The number of aromatic nitrogens is 1. The summed E-state index contributed by atoms with van der Waals surface area (Å²) in [6, 6.07) is 2.97. The van der Waals surface area contributed by atoms with E-state index in [1.807, 2.05) is 13.8 Å². The zero-order valence-electron chi connectivity index (χ0n) is 10.3. The average molecular weight is 252 g/mol. The van der Waals surface area contributed by atoms with E-state index in [1.165, 1.54) is 18.3 Å². The number of hydrogen-bond acceptors (Lipinski definition) is 4. The van der Waals surface area contributed by atoms with E-state index in [2.05, 4.69) is 10.3 Å². The molecule has 0 aliphatic heterocycles. The molecule has 98 valence electrons. The summed E-state index contributed by atoms with van der Waals surface area (Å²) < 4.78 is 5.28. The van der Waals surface area contributed by atoms with E-state index >= 15 is 0 Å². The van der Waals surface area contributed by atoms with E-state index in [0.29, 0.717) is 5.75 Å². The predicted molar refractivity (Wildman–Crippen MR) is 64.6 cm³/mol. The molecule has 1 rings (SSSR count). The first-order valence-corrected chi connectivity index (χ1v) is 5.60. The van der Waals surface area contributed by atoms with Crippen molar-refractivity contribution in [2.24, 2.45) is 0 Å². The largest absolute Gasteiger partial charge is 0.491 e. The van der Waals surface area contributed by atoms with Crippen LogP contribution in [0.5, 0.6) is 5.75 Å². The fourth-order valence-electron chi connectivity index (χ4n) is 1.25. The fraction of sp³-hybridized carbons (Fsp3) is 0.417. The second kappa shape index (κ2) is 6.58. The number of rotatable bonds is 6. The third-order valence-electron chi connectivity index (χ3n) is 2.00. The smallest absolute Gasteiger partial charge is 0.354 e. The summed E-state index contributed by atoms with van der Waals surface area (Å²) in [6.07, 6.45) is 1.57. The molecule has 0 unspecified atom stereocenters. The fourth-order valence-corrected chi connectivity index (χ4v) is 1.25. The van der Waals surface area contributed by atoms with Crippen LogP contribution in [0.4, 0.5) is 0 Å². The van der Waals surface area contributed by atoms with Gasteiger partial charge < -0.3 is 15.2 Å². The van der Waals surface area contributed by atoms with Crippen molar-refractivity contribution in [3.63, 3.8) is 0 Å². The van der Waals surface area contributed by atoms with Gasteiger partial charge in [-0.25, -0.2) is 9.78 Å². The highest BCUT2D eigenvalue weighted by atomic mass is 16.5. The number of nitrogens with one attached hydrogen (secondary N) is 1. The highest BCUT2D eigenvalue weighted by Crippen LogP contribution is 2.09. The number of carboxylic acids is 1. The van der Waals surface area contributed by atoms with E-state index in [0.717, 1.165) is 0 Å². The summed E-state index contributed by atoms with van der Waals surface area (Å²) in [6.45, 7) is 3.99. The van der Waals surface area contributed by atoms with Gasteiger partial charge in [0, 0.05) is 6.04 Å². The molecule has 0 atom stereocenters. The molecule has 0 aromatic carbocycles. The number of ether oxygens (including phenoxy) is 1. The maximum atomic E-state index is 11.3. The summed E-state index contributed by atoms with van der Waals surface area (Å²) in [5.41, 5.74) is -0.0418. The quantitative estimate of drug-likeness (QED) is 0.790. The summed E-state index contributed by atoms with van der Waals surface area (Å²) >= 11 is 0. The molecule has 1 aromatic rings. The molecular weight excluding hydrogens is 236 g/mol. The zero-order chi connectivity index (χ0) is 13.5. The van der Waals surface area contributed by atoms with E-state index in [9.17, 15) is 9.59 Å². The minimum atomic E-state index is -1.09. The molecule has 6 nitrogen and oxygen atoms in total. The van der Waals surface area contributed by atoms with Crippen molar-refractivity contribution in [3.8, 4) is 5.75 Å². The van der Waals surface area contributed by atoms with Crippen LogP contribution in [0.3, 0.4) is 0 Å². The van der Waals surface area contributed by atoms with Gasteiger partial charge >= 0.3 is 5.97 Å². The first kappa shape index (κ1) is 14.0. The second-order valence-electron chi connectivity index (χ2n) is 4.00. The van der Waals surface area contributed by atoms with Crippen LogP contribution in [0.1, 0.15) is 30.8 Å². The lowest BCUT2D eigenvalue weighted by atomic mass is 10.3. The monoisotopic (exact) mass is 252 g/mol. The molecule has 0 aliphatic carbocycles. The standard InChI is InChI=1S/C12H16N2O4/c1-8(2)14-11(15)5-6-18-9-3-4-10(12(16)17)13-7-9/h3-4,7-8H,5-6H2,1-2H3,(H,14,15)(H,16,17). The summed E-state index contributed by atoms with van der Waals surface area (Å²) in [5.74, 6) is -0.727. The van der Waals surface area contributed by atoms with Crippen LogP contribution >= 0.6 is 0 Å². The van der Waals surface area contributed by atoms with Crippen LogP contribution in [0, 0.1) is 0 Å². The van der Waals surface area contributed by atoms with Crippen LogP contribution in [0.2, 0.25) is 0 Å². The van der Waals surface area contributed by atoms with Crippen LogP contribution in [0.25, 0.3) is 0 Å². The lowest BCUT2D eigenvalue weighted by molar-refractivity contribution is -0.122. The molecule has 0 saturated heterocycles.